The van der Waals surface area contributed by atoms with E-state index < -0.39 is 0 Å². The Bertz CT molecular complexity index is 594. The molecule has 26 heavy (non-hydrogen) atoms. The molecule has 0 aromatic heterocycles. The minimum atomic E-state index is 0.00383. The van der Waals surface area contributed by atoms with Gasteiger partial charge in [-0.15, -0.1) is 0 Å². The molecule has 1 aromatic rings. The summed E-state index contributed by atoms with van der Waals surface area (Å²) in [7, 11) is 0. The first kappa shape index (κ1) is 18.9. The van der Waals surface area contributed by atoms with Crippen LogP contribution in [-0.2, 0) is 14.3 Å². The van der Waals surface area contributed by atoms with Crippen molar-refractivity contribution in [1.29, 1.82) is 0 Å². The highest BCUT2D eigenvalue weighted by molar-refractivity contribution is 5.80. The highest BCUT2D eigenvalue weighted by Crippen LogP contribution is 2.20. The van der Waals surface area contributed by atoms with Crippen molar-refractivity contribution >= 4 is 11.8 Å². The van der Waals surface area contributed by atoms with E-state index in [2.05, 4.69) is 10.2 Å². The molecule has 6 nitrogen and oxygen atoms in total. The lowest BCUT2D eigenvalue weighted by atomic mass is 9.95. The maximum Gasteiger partial charge on any atom is 0.234 e. The molecule has 0 bridgehead atoms. The fourth-order valence-corrected chi connectivity index (χ4v) is 3.70. The molecule has 3 rings (SSSR count). The van der Waals surface area contributed by atoms with Crippen LogP contribution in [0.15, 0.2) is 30.3 Å². The van der Waals surface area contributed by atoms with Gasteiger partial charge in [-0.05, 0) is 38.4 Å². The predicted octanol–water partition coefficient (Wildman–Crippen LogP) is 1.43. The van der Waals surface area contributed by atoms with Crippen LogP contribution < -0.4 is 5.32 Å². The van der Waals surface area contributed by atoms with Gasteiger partial charge in [-0.3, -0.25) is 14.5 Å². The second kappa shape index (κ2) is 9.14. The van der Waals surface area contributed by atoms with Crippen molar-refractivity contribution < 1.29 is 14.3 Å². The molecule has 1 atom stereocenters. The molecule has 1 N–H and O–H groups in total. The number of hydrogen-bond acceptors (Lipinski definition) is 4. The van der Waals surface area contributed by atoms with Gasteiger partial charge in [0.05, 0.1) is 25.8 Å². The molecule has 2 aliphatic heterocycles. The fraction of sp³-hybridized carbons (Fsp3) is 0.600. The third-order valence-corrected chi connectivity index (χ3v) is 5.30. The van der Waals surface area contributed by atoms with Crippen molar-refractivity contribution in [2.75, 3.05) is 45.9 Å². The van der Waals surface area contributed by atoms with E-state index in [0.717, 1.165) is 31.5 Å². The molecule has 1 unspecified atom stereocenters. The average molecular weight is 359 g/mol. The van der Waals surface area contributed by atoms with Crippen molar-refractivity contribution in [3.8, 4) is 0 Å². The molecular weight excluding hydrogens is 330 g/mol. The lowest BCUT2D eigenvalue weighted by Crippen LogP contribution is -2.48. The molecule has 142 valence electrons. The standard InChI is InChI=1S/C20H29N3O3/c1-16(17-5-3-2-4-6-17)21-19(24)15-22-9-7-18(8-10-22)20(25)23-11-13-26-14-12-23/h2-6,16,18H,7-15H2,1H3,(H,21,24). The van der Waals surface area contributed by atoms with Crippen molar-refractivity contribution in [3.63, 3.8) is 0 Å². The van der Waals surface area contributed by atoms with Crippen LogP contribution in [0.1, 0.15) is 31.4 Å². The van der Waals surface area contributed by atoms with Gasteiger partial charge in [0.1, 0.15) is 0 Å². The normalized spacial score (nSPS) is 20.6. The number of nitrogens with zero attached hydrogens (tertiary/aromatic N) is 2. The second-order valence-electron chi connectivity index (χ2n) is 7.19. The number of likely N-dealkylation sites (tertiary alicyclic amines) is 1. The van der Waals surface area contributed by atoms with Gasteiger partial charge in [0.25, 0.3) is 0 Å². The molecule has 2 aliphatic rings. The topological polar surface area (TPSA) is 61.9 Å². The van der Waals surface area contributed by atoms with Gasteiger partial charge in [0.15, 0.2) is 0 Å². The van der Waals surface area contributed by atoms with Crippen LogP contribution in [0.3, 0.4) is 0 Å². The summed E-state index contributed by atoms with van der Waals surface area (Å²) in [6, 6.07) is 9.98. The number of morpholine rings is 1. The van der Waals surface area contributed by atoms with Gasteiger partial charge in [-0.2, -0.15) is 0 Å². The third-order valence-electron chi connectivity index (χ3n) is 5.30. The van der Waals surface area contributed by atoms with Gasteiger partial charge >= 0.3 is 0 Å². The van der Waals surface area contributed by atoms with E-state index in [1.807, 2.05) is 42.2 Å². The van der Waals surface area contributed by atoms with Gasteiger partial charge in [0.2, 0.25) is 11.8 Å². The molecule has 2 amide bonds. The number of ether oxygens (including phenoxy) is 1. The number of rotatable bonds is 5. The van der Waals surface area contributed by atoms with Crippen molar-refractivity contribution in [1.82, 2.24) is 15.1 Å². The minimum absolute atomic E-state index is 0.00383. The lowest BCUT2D eigenvalue weighted by molar-refractivity contribution is -0.141. The number of nitrogens with one attached hydrogen (secondary N) is 1. The smallest absolute Gasteiger partial charge is 0.234 e. The summed E-state index contributed by atoms with van der Waals surface area (Å²) in [6.07, 6.45) is 1.66. The van der Waals surface area contributed by atoms with Crippen LogP contribution in [0.4, 0.5) is 0 Å². The van der Waals surface area contributed by atoms with Gasteiger partial charge in [-0.25, -0.2) is 0 Å². The number of amides is 2. The van der Waals surface area contributed by atoms with E-state index in [1.165, 1.54) is 0 Å². The minimum Gasteiger partial charge on any atom is -0.378 e. The van der Waals surface area contributed by atoms with E-state index in [-0.39, 0.29) is 23.8 Å². The van der Waals surface area contributed by atoms with E-state index in [0.29, 0.717) is 32.8 Å². The van der Waals surface area contributed by atoms with Crippen molar-refractivity contribution in [2.24, 2.45) is 5.92 Å². The summed E-state index contributed by atoms with van der Waals surface area (Å²) in [5, 5.41) is 3.06. The molecule has 2 heterocycles. The molecule has 6 heteroatoms. The quantitative estimate of drug-likeness (QED) is 0.864. The Balaban J connectivity index is 1.40. The molecule has 0 aliphatic carbocycles. The van der Waals surface area contributed by atoms with Gasteiger partial charge in [0, 0.05) is 19.0 Å². The SMILES string of the molecule is CC(NC(=O)CN1CCC(C(=O)N2CCOCC2)CC1)c1ccccc1. The first-order chi connectivity index (χ1) is 12.6. The molecule has 0 spiro atoms. The Morgan fingerprint density at radius 1 is 1.12 bits per heavy atom. The maximum atomic E-state index is 12.6. The summed E-state index contributed by atoms with van der Waals surface area (Å²) < 4.78 is 5.32. The summed E-state index contributed by atoms with van der Waals surface area (Å²) in [5.74, 6) is 0.394. The fourth-order valence-electron chi connectivity index (χ4n) is 3.70. The van der Waals surface area contributed by atoms with Gasteiger partial charge in [-0.1, -0.05) is 30.3 Å². The summed E-state index contributed by atoms with van der Waals surface area (Å²) in [6.45, 7) is 6.70. The van der Waals surface area contributed by atoms with Crippen LogP contribution in [-0.4, -0.2) is 67.6 Å². The van der Waals surface area contributed by atoms with Crippen LogP contribution in [0, 0.1) is 5.92 Å². The molecule has 1 aromatic carbocycles. The van der Waals surface area contributed by atoms with E-state index in [4.69, 9.17) is 4.74 Å². The maximum absolute atomic E-state index is 12.6. The van der Waals surface area contributed by atoms with Crippen LogP contribution in [0.5, 0.6) is 0 Å². The molecule has 0 radical (unpaired) electrons. The zero-order valence-electron chi connectivity index (χ0n) is 15.5. The zero-order valence-corrected chi connectivity index (χ0v) is 15.5. The van der Waals surface area contributed by atoms with Crippen LogP contribution in [0.2, 0.25) is 0 Å². The molecule has 0 saturated carbocycles. The highest BCUT2D eigenvalue weighted by Gasteiger charge is 2.29. The van der Waals surface area contributed by atoms with Crippen molar-refractivity contribution in [3.05, 3.63) is 35.9 Å². The third kappa shape index (κ3) is 5.05. The Kier molecular flexibility index (Phi) is 6.63. The first-order valence-electron chi connectivity index (χ1n) is 9.56. The van der Waals surface area contributed by atoms with Crippen LogP contribution in [0.25, 0.3) is 0 Å². The highest BCUT2D eigenvalue weighted by atomic mass is 16.5. The average Bonchev–Trinajstić information content (AvgIpc) is 2.69. The summed E-state index contributed by atoms with van der Waals surface area (Å²) >= 11 is 0. The predicted molar refractivity (Wildman–Crippen MR) is 99.6 cm³/mol. The Morgan fingerprint density at radius 3 is 2.42 bits per heavy atom. The Hall–Kier alpha value is -1.92. The van der Waals surface area contributed by atoms with E-state index in [9.17, 15) is 9.59 Å². The Labute approximate surface area is 155 Å². The molecular formula is C20H29N3O3. The second-order valence-corrected chi connectivity index (χ2v) is 7.19. The Morgan fingerprint density at radius 2 is 1.77 bits per heavy atom. The summed E-state index contributed by atoms with van der Waals surface area (Å²) in [4.78, 5) is 29.0. The van der Waals surface area contributed by atoms with Crippen molar-refractivity contribution in [2.45, 2.75) is 25.8 Å². The number of hydrogen-bond donors (Lipinski definition) is 1. The number of benzene rings is 1. The monoisotopic (exact) mass is 359 g/mol. The van der Waals surface area contributed by atoms with Crippen LogP contribution >= 0.6 is 0 Å². The van der Waals surface area contributed by atoms with E-state index >= 15 is 0 Å². The molecule has 2 saturated heterocycles. The first-order valence-corrected chi connectivity index (χ1v) is 9.56. The van der Waals surface area contributed by atoms with E-state index in [1.54, 1.807) is 0 Å². The van der Waals surface area contributed by atoms with Gasteiger partial charge < -0.3 is 15.0 Å². The molecule has 2 fully saturated rings. The number of carbonyl (C=O) groups excluding carboxylic acids is 2. The number of piperidine rings is 1. The largest absolute Gasteiger partial charge is 0.378 e. The number of carbonyl (C=O) groups is 2. The lowest BCUT2D eigenvalue weighted by Gasteiger charge is -2.35. The summed E-state index contributed by atoms with van der Waals surface area (Å²) in [5.41, 5.74) is 1.11. The zero-order chi connectivity index (χ0) is 18.4.